The van der Waals surface area contributed by atoms with Crippen LogP contribution in [0.2, 0.25) is 0 Å². The fraction of sp³-hybridized carbons (Fsp3) is 0.458. The van der Waals surface area contributed by atoms with E-state index in [0.717, 1.165) is 16.9 Å². The second-order valence-corrected chi connectivity index (χ2v) is 7.81. The van der Waals surface area contributed by atoms with E-state index in [9.17, 15) is 4.79 Å². The maximum Gasteiger partial charge on any atom is 0.217 e. The third kappa shape index (κ3) is 5.11. The van der Waals surface area contributed by atoms with Gasteiger partial charge in [0, 0.05) is 19.6 Å². The highest BCUT2D eigenvalue weighted by molar-refractivity contribution is 5.73. The van der Waals surface area contributed by atoms with Gasteiger partial charge in [0.25, 0.3) is 0 Å². The van der Waals surface area contributed by atoms with Crippen LogP contribution in [0.3, 0.4) is 0 Å². The summed E-state index contributed by atoms with van der Waals surface area (Å²) < 4.78 is 35.4. The minimum atomic E-state index is -0.693. The van der Waals surface area contributed by atoms with Gasteiger partial charge in [0.1, 0.15) is 30.1 Å². The predicted molar refractivity (Wildman–Crippen MR) is 115 cm³/mol. The van der Waals surface area contributed by atoms with Gasteiger partial charge in [0.05, 0.1) is 20.3 Å². The first kappa shape index (κ1) is 22.7. The lowest BCUT2D eigenvalue weighted by Gasteiger charge is -2.49. The minimum Gasteiger partial charge on any atom is -0.497 e. The van der Waals surface area contributed by atoms with Crippen LogP contribution in [-0.2, 0) is 35.1 Å². The number of hydrogen-bond donors (Lipinski definition) is 1. The zero-order chi connectivity index (χ0) is 22.5. The van der Waals surface area contributed by atoms with Crippen LogP contribution >= 0.6 is 0 Å². The minimum absolute atomic E-state index is 0.205. The molecule has 4 rings (SSSR count). The molecule has 2 aliphatic heterocycles. The van der Waals surface area contributed by atoms with Crippen LogP contribution in [0.25, 0.3) is 0 Å². The van der Waals surface area contributed by atoms with Crippen LogP contribution in [0, 0.1) is 0 Å². The average molecular weight is 443 g/mol. The van der Waals surface area contributed by atoms with Crippen LogP contribution in [-0.4, -0.2) is 57.4 Å². The second-order valence-electron chi connectivity index (χ2n) is 7.81. The van der Waals surface area contributed by atoms with Gasteiger partial charge in [-0.3, -0.25) is 4.79 Å². The molecule has 0 spiro atoms. The molecule has 2 aromatic carbocycles. The smallest absolute Gasteiger partial charge is 0.217 e. The Balaban J connectivity index is 1.56. The van der Waals surface area contributed by atoms with Crippen molar-refractivity contribution in [1.29, 1.82) is 0 Å². The second kappa shape index (κ2) is 10.4. The van der Waals surface area contributed by atoms with E-state index in [2.05, 4.69) is 5.32 Å². The molecule has 2 saturated heterocycles. The summed E-state index contributed by atoms with van der Waals surface area (Å²) in [5.41, 5.74) is 1.88. The van der Waals surface area contributed by atoms with E-state index >= 15 is 0 Å². The Morgan fingerprint density at radius 1 is 1.06 bits per heavy atom. The molecule has 1 unspecified atom stereocenters. The Kier molecular flexibility index (Phi) is 7.39. The number of amides is 1. The zero-order valence-electron chi connectivity index (χ0n) is 18.4. The van der Waals surface area contributed by atoms with E-state index in [1.54, 1.807) is 7.11 Å². The van der Waals surface area contributed by atoms with Crippen molar-refractivity contribution in [2.45, 2.75) is 50.5 Å². The number of carbonyl (C=O) groups excluding carboxylic acids is 1. The van der Waals surface area contributed by atoms with Crippen molar-refractivity contribution < 1.29 is 33.2 Å². The summed E-state index contributed by atoms with van der Waals surface area (Å²) in [6.07, 6.45) is -2.62. The summed E-state index contributed by atoms with van der Waals surface area (Å²) in [6, 6.07) is 16.8. The van der Waals surface area contributed by atoms with Gasteiger partial charge < -0.3 is 33.7 Å². The fourth-order valence-corrected chi connectivity index (χ4v) is 4.05. The first-order valence-corrected chi connectivity index (χ1v) is 10.6. The van der Waals surface area contributed by atoms with Gasteiger partial charge in [-0.2, -0.15) is 0 Å². The molecule has 32 heavy (non-hydrogen) atoms. The molecule has 2 heterocycles. The molecule has 2 aromatic rings. The van der Waals surface area contributed by atoms with E-state index < -0.39 is 36.9 Å². The first-order valence-electron chi connectivity index (χ1n) is 10.6. The number of nitrogens with one attached hydrogen (secondary N) is 1. The normalized spacial score (nSPS) is 29.7. The molecular weight excluding hydrogens is 414 g/mol. The molecule has 172 valence electrons. The third-order valence-corrected chi connectivity index (χ3v) is 5.61. The standard InChI is InChI=1S/C24H29NO7/c1-15(26)25-20-22(29-13-16-9-11-18(27-2)12-10-16)21-19(31-24(20)28-3)14-30-23(32-21)17-7-5-4-6-8-17/h4-12,19-24H,13-14H2,1-3H3,(H,25,26)/t19-,20-,21-,22-,23?,24+/m1/s1. The Labute approximate surface area is 187 Å². The Hall–Kier alpha value is -2.49. The van der Waals surface area contributed by atoms with E-state index in [1.807, 2.05) is 54.6 Å². The zero-order valence-corrected chi connectivity index (χ0v) is 18.4. The van der Waals surface area contributed by atoms with Crippen LogP contribution in [0.4, 0.5) is 0 Å². The Morgan fingerprint density at radius 2 is 1.81 bits per heavy atom. The quantitative estimate of drug-likeness (QED) is 0.704. The van der Waals surface area contributed by atoms with E-state index in [4.69, 9.17) is 28.4 Å². The molecule has 1 N–H and O–H groups in total. The van der Waals surface area contributed by atoms with Crippen LogP contribution < -0.4 is 10.1 Å². The lowest BCUT2D eigenvalue weighted by Crippen LogP contribution is -2.67. The predicted octanol–water partition coefficient (Wildman–Crippen LogP) is 2.57. The number of rotatable bonds is 7. The maximum absolute atomic E-state index is 12.0. The van der Waals surface area contributed by atoms with Crippen LogP contribution in [0.15, 0.2) is 54.6 Å². The lowest BCUT2D eigenvalue weighted by atomic mass is 9.95. The monoisotopic (exact) mass is 443 g/mol. The summed E-state index contributed by atoms with van der Waals surface area (Å²) in [4.78, 5) is 12.0. The summed E-state index contributed by atoms with van der Waals surface area (Å²) in [7, 11) is 3.17. The first-order chi connectivity index (χ1) is 15.6. The highest BCUT2D eigenvalue weighted by Gasteiger charge is 2.51. The van der Waals surface area contributed by atoms with E-state index in [0.29, 0.717) is 13.2 Å². The summed E-state index contributed by atoms with van der Waals surface area (Å²) in [5.74, 6) is 0.567. The van der Waals surface area contributed by atoms with Gasteiger partial charge in [0.15, 0.2) is 12.6 Å². The molecule has 0 bridgehead atoms. The molecule has 6 atom stereocenters. The van der Waals surface area contributed by atoms with Crippen LogP contribution in [0.1, 0.15) is 24.3 Å². The Morgan fingerprint density at radius 3 is 2.47 bits per heavy atom. The molecule has 1 amide bonds. The van der Waals surface area contributed by atoms with Gasteiger partial charge in [-0.15, -0.1) is 0 Å². The molecule has 0 aliphatic carbocycles. The van der Waals surface area contributed by atoms with E-state index in [-0.39, 0.29) is 5.91 Å². The van der Waals surface area contributed by atoms with Gasteiger partial charge >= 0.3 is 0 Å². The van der Waals surface area contributed by atoms with Crippen molar-refractivity contribution in [2.24, 2.45) is 0 Å². The van der Waals surface area contributed by atoms with Gasteiger partial charge in [-0.05, 0) is 17.7 Å². The van der Waals surface area contributed by atoms with Gasteiger partial charge in [-0.25, -0.2) is 0 Å². The van der Waals surface area contributed by atoms with Gasteiger partial charge in [0.2, 0.25) is 5.91 Å². The number of carbonyl (C=O) groups is 1. The Bertz CT molecular complexity index is 876. The fourth-order valence-electron chi connectivity index (χ4n) is 4.05. The SMILES string of the molecule is COc1ccc(CO[C@@H]2[C@@H](NC(C)=O)[C@@H](OC)O[C@@H]3COC(c4ccccc4)O[C@@H]23)cc1. The van der Waals surface area contributed by atoms with Crippen molar-refractivity contribution in [1.82, 2.24) is 5.32 Å². The highest BCUT2D eigenvalue weighted by Crippen LogP contribution is 2.36. The van der Waals surface area contributed by atoms with Crippen molar-refractivity contribution in [3.05, 3.63) is 65.7 Å². The lowest BCUT2D eigenvalue weighted by molar-refractivity contribution is -0.346. The summed E-state index contributed by atoms with van der Waals surface area (Å²) in [6.45, 7) is 2.10. The van der Waals surface area contributed by atoms with Crippen molar-refractivity contribution in [3.8, 4) is 5.75 Å². The molecule has 0 saturated carbocycles. The number of methoxy groups -OCH3 is 2. The van der Waals surface area contributed by atoms with Crippen molar-refractivity contribution in [3.63, 3.8) is 0 Å². The van der Waals surface area contributed by atoms with Crippen molar-refractivity contribution >= 4 is 5.91 Å². The van der Waals surface area contributed by atoms with E-state index in [1.165, 1.54) is 14.0 Å². The molecule has 0 aromatic heterocycles. The largest absolute Gasteiger partial charge is 0.497 e. The summed E-state index contributed by atoms with van der Waals surface area (Å²) >= 11 is 0. The number of fused-ring (bicyclic) bond motifs is 1. The third-order valence-electron chi connectivity index (χ3n) is 5.61. The number of ether oxygens (including phenoxy) is 6. The highest BCUT2D eigenvalue weighted by atomic mass is 16.7. The number of hydrogen-bond acceptors (Lipinski definition) is 7. The average Bonchev–Trinajstić information content (AvgIpc) is 2.83. The number of benzene rings is 2. The van der Waals surface area contributed by atoms with Crippen molar-refractivity contribution in [2.75, 3.05) is 20.8 Å². The molecular formula is C24H29NO7. The van der Waals surface area contributed by atoms with Gasteiger partial charge in [-0.1, -0.05) is 42.5 Å². The molecule has 2 fully saturated rings. The maximum atomic E-state index is 12.0. The molecule has 2 aliphatic rings. The molecule has 8 nitrogen and oxygen atoms in total. The summed E-state index contributed by atoms with van der Waals surface area (Å²) in [5, 5.41) is 2.92. The topological polar surface area (TPSA) is 84.5 Å². The molecule has 8 heteroatoms. The molecule has 0 radical (unpaired) electrons. The van der Waals surface area contributed by atoms with Crippen LogP contribution in [0.5, 0.6) is 5.75 Å².